The Balaban J connectivity index is 1.98. The molecule has 1 fully saturated rings. The summed E-state index contributed by atoms with van der Waals surface area (Å²) in [6.45, 7) is 2.52. The van der Waals surface area contributed by atoms with E-state index in [1.165, 1.54) is 44.9 Å². The van der Waals surface area contributed by atoms with Gasteiger partial charge in [-0.15, -0.1) is 0 Å². The second-order valence-electron chi connectivity index (χ2n) is 6.97. The van der Waals surface area contributed by atoms with Crippen molar-refractivity contribution in [2.75, 3.05) is 19.8 Å². The van der Waals surface area contributed by atoms with Crippen molar-refractivity contribution in [1.29, 1.82) is 0 Å². The van der Waals surface area contributed by atoms with E-state index in [0.717, 1.165) is 19.3 Å². The minimum absolute atomic E-state index is 0.144. The molecule has 148 valence electrons. The van der Waals surface area contributed by atoms with Crippen LogP contribution in [0.15, 0.2) is 12.2 Å². The zero-order valence-electron chi connectivity index (χ0n) is 15.8. The molecule has 1 heterocycles. The van der Waals surface area contributed by atoms with Gasteiger partial charge in [0.2, 0.25) is 0 Å². The van der Waals surface area contributed by atoms with Crippen molar-refractivity contribution in [3.63, 3.8) is 0 Å². The Morgan fingerprint density at radius 3 is 2.36 bits per heavy atom. The highest BCUT2D eigenvalue weighted by atomic mass is 16.6. The van der Waals surface area contributed by atoms with Gasteiger partial charge in [-0.3, -0.25) is 0 Å². The van der Waals surface area contributed by atoms with Crippen molar-refractivity contribution in [1.82, 2.24) is 0 Å². The summed E-state index contributed by atoms with van der Waals surface area (Å²) in [5.74, 6) is 0. The molecule has 1 rings (SSSR count). The van der Waals surface area contributed by atoms with E-state index >= 15 is 0 Å². The number of aliphatic hydroxyl groups excluding tert-OH is 3. The maximum absolute atomic E-state index is 9.84. The van der Waals surface area contributed by atoms with E-state index in [4.69, 9.17) is 14.6 Å². The quantitative estimate of drug-likeness (QED) is 0.310. The van der Waals surface area contributed by atoms with Crippen molar-refractivity contribution in [2.24, 2.45) is 0 Å². The summed E-state index contributed by atoms with van der Waals surface area (Å²) in [5.41, 5.74) is 0. The van der Waals surface area contributed by atoms with E-state index in [-0.39, 0.29) is 6.61 Å². The molecule has 25 heavy (non-hydrogen) atoms. The smallest absolute Gasteiger partial charge is 0.114 e. The third-order valence-electron chi connectivity index (χ3n) is 4.70. The SMILES string of the molecule is CCCCCCCCC/C=C/CCCO[C@H]1[C@@H]([C@@H](O)CO)OC[C@H]1O. The molecule has 1 saturated heterocycles. The zero-order chi connectivity index (χ0) is 18.3. The van der Waals surface area contributed by atoms with Crippen LogP contribution in [0.2, 0.25) is 0 Å². The summed E-state index contributed by atoms with van der Waals surface area (Å²) in [6.07, 6.45) is 13.8. The van der Waals surface area contributed by atoms with Crippen molar-refractivity contribution in [3.05, 3.63) is 12.2 Å². The molecule has 4 atom stereocenters. The third kappa shape index (κ3) is 9.71. The van der Waals surface area contributed by atoms with Crippen molar-refractivity contribution >= 4 is 0 Å². The fourth-order valence-corrected chi connectivity index (χ4v) is 3.13. The summed E-state index contributed by atoms with van der Waals surface area (Å²) in [5, 5.41) is 28.5. The van der Waals surface area contributed by atoms with Gasteiger partial charge in [0.05, 0.1) is 13.2 Å². The Morgan fingerprint density at radius 1 is 1.04 bits per heavy atom. The predicted octanol–water partition coefficient (Wildman–Crippen LogP) is 2.96. The summed E-state index contributed by atoms with van der Waals surface area (Å²) in [6, 6.07) is 0. The van der Waals surface area contributed by atoms with E-state index in [2.05, 4.69) is 19.1 Å². The third-order valence-corrected chi connectivity index (χ3v) is 4.70. The Hall–Kier alpha value is -0.460. The topological polar surface area (TPSA) is 79.2 Å². The fourth-order valence-electron chi connectivity index (χ4n) is 3.13. The molecule has 0 saturated carbocycles. The summed E-state index contributed by atoms with van der Waals surface area (Å²) >= 11 is 0. The number of allylic oxidation sites excluding steroid dienone is 2. The number of aliphatic hydroxyl groups is 3. The standard InChI is InChI=1S/C20H38O5/c1-2-3-4-5-6-7-8-9-10-11-12-13-14-24-20-18(23)16-25-19(20)17(22)15-21/h10-11,17-23H,2-9,12-16H2,1H3/b11-10+/t17-,18+,19+,20+/m0/s1. The van der Waals surface area contributed by atoms with Crippen molar-refractivity contribution < 1.29 is 24.8 Å². The van der Waals surface area contributed by atoms with Gasteiger partial charge in [0.1, 0.15) is 24.4 Å². The minimum atomic E-state index is -1.01. The van der Waals surface area contributed by atoms with Crippen molar-refractivity contribution in [2.45, 2.75) is 95.5 Å². The van der Waals surface area contributed by atoms with Crippen LogP contribution in [0.1, 0.15) is 71.1 Å². The van der Waals surface area contributed by atoms with Gasteiger partial charge >= 0.3 is 0 Å². The molecule has 1 aliphatic heterocycles. The Bertz CT molecular complexity index is 334. The molecule has 0 aromatic heterocycles. The number of ether oxygens (including phenoxy) is 2. The highest BCUT2D eigenvalue weighted by Crippen LogP contribution is 2.21. The van der Waals surface area contributed by atoms with Crippen LogP contribution in [0.25, 0.3) is 0 Å². The Morgan fingerprint density at radius 2 is 1.68 bits per heavy atom. The van der Waals surface area contributed by atoms with Crippen LogP contribution in [0, 0.1) is 0 Å². The molecule has 0 unspecified atom stereocenters. The van der Waals surface area contributed by atoms with Crippen LogP contribution < -0.4 is 0 Å². The first-order valence-electron chi connectivity index (χ1n) is 10.1. The lowest BCUT2D eigenvalue weighted by molar-refractivity contribution is -0.0935. The monoisotopic (exact) mass is 358 g/mol. The van der Waals surface area contributed by atoms with E-state index < -0.39 is 31.0 Å². The van der Waals surface area contributed by atoms with Crippen LogP contribution in [0.4, 0.5) is 0 Å². The van der Waals surface area contributed by atoms with Gasteiger partial charge in [-0.1, -0.05) is 57.6 Å². The molecule has 5 nitrogen and oxygen atoms in total. The average molecular weight is 359 g/mol. The van der Waals surface area contributed by atoms with Crippen LogP contribution >= 0.6 is 0 Å². The summed E-state index contributed by atoms with van der Waals surface area (Å²) in [4.78, 5) is 0. The van der Waals surface area contributed by atoms with E-state index in [1.54, 1.807) is 0 Å². The van der Waals surface area contributed by atoms with Gasteiger partial charge in [-0.2, -0.15) is 0 Å². The fraction of sp³-hybridized carbons (Fsp3) is 0.900. The average Bonchev–Trinajstić information content (AvgIpc) is 2.99. The molecule has 0 spiro atoms. The maximum Gasteiger partial charge on any atom is 0.114 e. The molecule has 0 amide bonds. The van der Waals surface area contributed by atoms with E-state index in [1.807, 2.05) is 0 Å². The number of rotatable bonds is 15. The summed E-state index contributed by atoms with van der Waals surface area (Å²) in [7, 11) is 0. The maximum atomic E-state index is 9.84. The van der Waals surface area contributed by atoms with Crippen LogP contribution in [-0.2, 0) is 9.47 Å². The number of unbranched alkanes of at least 4 members (excludes halogenated alkanes) is 8. The Kier molecular flexibility index (Phi) is 13.3. The summed E-state index contributed by atoms with van der Waals surface area (Å²) < 4.78 is 11.0. The predicted molar refractivity (Wildman–Crippen MR) is 99.6 cm³/mol. The lowest BCUT2D eigenvalue weighted by Gasteiger charge is -2.23. The molecular formula is C20H38O5. The van der Waals surface area contributed by atoms with E-state index in [0.29, 0.717) is 6.61 Å². The van der Waals surface area contributed by atoms with Gasteiger partial charge < -0.3 is 24.8 Å². The van der Waals surface area contributed by atoms with E-state index in [9.17, 15) is 10.2 Å². The first-order chi connectivity index (χ1) is 12.2. The molecule has 0 radical (unpaired) electrons. The lowest BCUT2D eigenvalue weighted by atomic mass is 10.1. The second kappa shape index (κ2) is 14.7. The zero-order valence-corrected chi connectivity index (χ0v) is 15.8. The lowest BCUT2D eigenvalue weighted by Crippen LogP contribution is -2.42. The highest BCUT2D eigenvalue weighted by Gasteiger charge is 2.40. The molecule has 0 aromatic carbocycles. The largest absolute Gasteiger partial charge is 0.394 e. The van der Waals surface area contributed by atoms with Crippen LogP contribution in [-0.4, -0.2) is 59.6 Å². The highest BCUT2D eigenvalue weighted by molar-refractivity contribution is 4.89. The van der Waals surface area contributed by atoms with Gasteiger partial charge in [-0.25, -0.2) is 0 Å². The molecule has 1 aliphatic rings. The number of hydrogen-bond donors (Lipinski definition) is 3. The van der Waals surface area contributed by atoms with Crippen LogP contribution in [0.3, 0.4) is 0 Å². The minimum Gasteiger partial charge on any atom is -0.394 e. The van der Waals surface area contributed by atoms with Gasteiger partial charge in [0.15, 0.2) is 0 Å². The second-order valence-corrected chi connectivity index (χ2v) is 6.97. The molecular weight excluding hydrogens is 320 g/mol. The van der Waals surface area contributed by atoms with Gasteiger partial charge in [0, 0.05) is 6.61 Å². The normalized spacial score (nSPS) is 25.0. The first-order valence-corrected chi connectivity index (χ1v) is 10.1. The first kappa shape index (κ1) is 22.6. The van der Waals surface area contributed by atoms with Crippen LogP contribution in [0.5, 0.6) is 0 Å². The molecule has 0 aliphatic carbocycles. The van der Waals surface area contributed by atoms with Crippen molar-refractivity contribution in [3.8, 4) is 0 Å². The molecule has 3 N–H and O–H groups in total. The molecule has 0 aromatic rings. The van der Waals surface area contributed by atoms with Gasteiger partial charge in [-0.05, 0) is 25.7 Å². The molecule has 0 bridgehead atoms. The molecule has 5 heteroatoms. The van der Waals surface area contributed by atoms with Gasteiger partial charge in [0.25, 0.3) is 0 Å². The Labute approximate surface area is 153 Å². The number of hydrogen-bond acceptors (Lipinski definition) is 5.